The summed E-state index contributed by atoms with van der Waals surface area (Å²) in [5.74, 6) is 0. The Bertz CT molecular complexity index is 381. The van der Waals surface area contributed by atoms with Gasteiger partial charge in [0.05, 0.1) is 6.61 Å². The van der Waals surface area contributed by atoms with E-state index in [9.17, 15) is 0 Å². The molecule has 108 valence electrons. The van der Waals surface area contributed by atoms with E-state index >= 15 is 0 Å². The molecule has 1 aromatic rings. The molecule has 1 aliphatic rings. The first kappa shape index (κ1) is 14.9. The lowest BCUT2D eigenvalue weighted by atomic mass is 10.2. The molecule has 0 bridgehead atoms. The van der Waals surface area contributed by atoms with Gasteiger partial charge >= 0.3 is 0 Å². The maximum Gasteiger partial charge on any atom is 0.123 e. The molecule has 19 heavy (non-hydrogen) atoms. The molecule has 0 radical (unpaired) electrons. The molecule has 0 aliphatic carbocycles. The summed E-state index contributed by atoms with van der Waals surface area (Å²) in [6, 6.07) is 0.581. The van der Waals surface area contributed by atoms with E-state index in [4.69, 9.17) is 4.74 Å². The van der Waals surface area contributed by atoms with Crippen LogP contribution in [0.25, 0.3) is 0 Å². The van der Waals surface area contributed by atoms with Gasteiger partial charge in [0.15, 0.2) is 0 Å². The van der Waals surface area contributed by atoms with Gasteiger partial charge in [-0.3, -0.25) is 4.90 Å². The second-order valence-electron chi connectivity index (χ2n) is 5.29. The van der Waals surface area contributed by atoms with Gasteiger partial charge < -0.3 is 10.1 Å². The van der Waals surface area contributed by atoms with Crippen LogP contribution in [0.5, 0.6) is 0 Å². The Morgan fingerprint density at radius 1 is 1.58 bits per heavy atom. The van der Waals surface area contributed by atoms with Crippen molar-refractivity contribution < 1.29 is 4.74 Å². The SMILES string of the molecule is CCCNCc1cnc(C2CN(C(C)C)CCO2)s1. The first-order chi connectivity index (χ1) is 9.20. The third kappa shape index (κ3) is 4.24. The molecular weight excluding hydrogens is 258 g/mol. The van der Waals surface area contributed by atoms with Gasteiger partial charge in [0.25, 0.3) is 0 Å². The Balaban J connectivity index is 1.90. The highest BCUT2D eigenvalue weighted by molar-refractivity contribution is 7.11. The van der Waals surface area contributed by atoms with Crippen molar-refractivity contribution in [2.24, 2.45) is 0 Å². The minimum atomic E-state index is 0.154. The fourth-order valence-corrected chi connectivity index (χ4v) is 3.16. The number of aromatic nitrogens is 1. The largest absolute Gasteiger partial charge is 0.368 e. The molecule has 1 atom stereocenters. The molecule has 1 unspecified atom stereocenters. The Morgan fingerprint density at radius 3 is 3.16 bits per heavy atom. The van der Waals surface area contributed by atoms with Crippen LogP contribution in [-0.4, -0.2) is 42.2 Å². The molecule has 2 rings (SSSR count). The summed E-state index contributed by atoms with van der Waals surface area (Å²) in [4.78, 5) is 8.30. The smallest absolute Gasteiger partial charge is 0.123 e. The average molecular weight is 283 g/mol. The topological polar surface area (TPSA) is 37.4 Å². The maximum atomic E-state index is 5.87. The normalized spacial score (nSPS) is 21.2. The number of ether oxygens (including phenoxy) is 1. The third-order valence-corrected chi connectivity index (χ3v) is 4.49. The van der Waals surface area contributed by atoms with Gasteiger partial charge in [0.2, 0.25) is 0 Å². The Labute approximate surface area is 120 Å². The van der Waals surface area contributed by atoms with Crippen molar-refractivity contribution in [3.05, 3.63) is 16.1 Å². The van der Waals surface area contributed by atoms with E-state index in [1.54, 1.807) is 11.3 Å². The molecule has 1 saturated heterocycles. The number of hydrogen-bond donors (Lipinski definition) is 1. The van der Waals surface area contributed by atoms with E-state index < -0.39 is 0 Å². The maximum absolute atomic E-state index is 5.87. The number of rotatable bonds is 6. The Kier molecular flexibility index (Phi) is 5.76. The van der Waals surface area contributed by atoms with Crippen LogP contribution >= 0.6 is 11.3 Å². The molecule has 0 spiro atoms. The van der Waals surface area contributed by atoms with Crippen molar-refractivity contribution in [1.82, 2.24) is 15.2 Å². The van der Waals surface area contributed by atoms with Crippen LogP contribution in [0.1, 0.15) is 43.2 Å². The highest BCUT2D eigenvalue weighted by Gasteiger charge is 2.25. The minimum Gasteiger partial charge on any atom is -0.368 e. The predicted octanol–water partition coefficient (Wildman–Crippen LogP) is 2.42. The highest BCUT2D eigenvalue weighted by Crippen LogP contribution is 2.27. The van der Waals surface area contributed by atoms with Gasteiger partial charge in [-0.2, -0.15) is 0 Å². The molecule has 5 heteroatoms. The molecule has 1 aliphatic heterocycles. The molecule has 2 heterocycles. The van der Waals surface area contributed by atoms with Crippen LogP contribution in [0.2, 0.25) is 0 Å². The summed E-state index contributed by atoms with van der Waals surface area (Å²) in [7, 11) is 0. The van der Waals surface area contributed by atoms with Gasteiger partial charge in [-0.15, -0.1) is 11.3 Å². The summed E-state index contributed by atoms with van der Waals surface area (Å²) in [6.07, 6.45) is 3.31. The second-order valence-corrected chi connectivity index (χ2v) is 6.44. The van der Waals surface area contributed by atoms with Crippen molar-refractivity contribution in [3.63, 3.8) is 0 Å². The van der Waals surface area contributed by atoms with Gasteiger partial charge in [-0.25, -0.2) is 4.98 Å². The van der Waals surface area contributed by atoms with Gasteiger partial charge in [0.1, 0.15) is 11.1 Å². The number of nitrogens with zero attached hydrogens (tertiary/aromatic N) is 2. The van der Waals surface area contributed by atoms with Crippen LogP contribution in [0.3, 0.4) is 0 Å². The first-order valence-corrected chi connectivity index (χ1v) is 8.03. The lowest BCUT2D eigenvalue weighted by Gasteiger charge is -2.34. The van der Waals surface area contributed by atoms with Crippen molar-refractivity contribution >= 4 is 11.3 Å². The van der Waals surface area contributed by atoms with Crippen LogP contribution in [0, 0.1) is 0 Å². The van der Waals surface area contributed by atoms with E-state index in [1.165, 1.54) is 11.3 Å². The summed E-state index contributed by atoms with van der Waals surface area (Å²) < 4.78 is 5.87. The number of nitrogens with one attached hydrogen (secondary N) is 1. The van der Waals surface area contributed by atoms with Crippen LogP contribution < -0.4 is 5.32 Å². The summed E-state index contributed by atoms with van der Waals surface area (Å²) in [5, 5.41) is 4.54. The monoisotopic (exact) mass is 283 g/mol. The fraction of sp³-hybridized carbons (Fsp3) is 0.786. The molecule has 1 aromatic heterocycles. The van der Waals surface area contributed by atoms with E-state index in [0.717, 1.165) is 37.8 Å². The van der Waals surface area contributed by atoms with Gasteiger partial charge in [-0.1, -0.05) is 6.92 Å². The lowest BCUT2D eigenvalue weighted by molar-refractivity contribution is -0.0402. The molecule has 0 aromatic carbocycles. The molecule has 1 fully saturated rings. The first-order valence-electron chi connectivity index (χ1n) is 7.21. The number of thiazole rings is 1. The summed E-state index contributed by atoms with van der Waals surface area (Å²) >= 11 is 1.78. The molecule has 1 N–H and O–H groups in total. The molecule has 0 amide bonds. The zero-order chi connectivity index (χ0) is 13.7. The second kappa shape index (κ2) is 7.33. The van der Waals surface area contributed by atoms with Crippen LogP contribution in [0.4, 0.5) is 0 Å². The van der Waals surface area contributed by atoms with Gasteiger partial charge in [-0.05, 0) is 26.8 Å². The van der Waals surface area contributed by atoms with Crippen molar-refractivity contribution in [3.8, 4) is 0 Å². The molecule has 0 saturated carbocycles. The van der Waals surface area contributed by atoms with E-state index in [0.29, 0.717) is 6.04 Å². The Hall–Kier alpha value is -0.490. The third-order valence-electron chi connectivity index (χ3n) is 3.40. The van der Waals surface area contributed by atoms with Crippen molar-refractivity contribution in [2.45, 2.75) is 45.9 Å². The fourth-order valence-electron chi connectivity index (χ4n) is 2.23. The highest BCUT2D eigenvalue weighted by atomic mass is 32.1. The lowest BCUT2D eigenvalue weighted by Crippen LogP contribution is -2.42. The standard InChI is InChI=1S/C14H25N3OS/c1-4-5-15-8-12-9-16-14(19-12)13-10-17(11(2)3)6-7-18-13/h9,11,13,15H,4-8,10H2,1-3H3. The van der Waals surface area contributed by atoms with Gasteiger partial charge in [0, 0.05) is 36.8 Å². The van der Waals surface area contributed by atoms with Crippen molar-refractivity contribution in [2.75, 3.05) is 26.2 Å². The van der Waals surface area contributed by atoms with E-state index in [-0.39, 0.29) is 6.10 Å². The van der Waals surface area contributed by atoms with E-state index in [1.807, 2.05) is 6.20 Å². The van der Waals surface area contributed by atoms with Crippen LogP contribution in [0.15, 0.2) is 6.20 Å². The summed E-state index contributed by atoms with van der Waals surface area (Å²) in [5.41, 5.74) is 0. The zero-order valence-electron chi connectivity index (χ0n) is 12.2. The molecular formula is C14H25N3OS. The van der Waals surface area contributed by atoms with Crippen molar-refractivity contribution in [1.29, 1.82) is 0 Å². The number of morpholine rings is 1. The quantitative estimate of drug-likeness (QED) is 0.814. The number of hydrogen-bond acceptors (Lipinski definition) is 5. The zero-order valence-corrected chi connectivity index (χ0v) is 13.0. The predicted molar refractivity (Wildman–Crippen MR) is 79.5 cm³/mol. The average Bonchev–Trinajstić information content (AvgIpc) is 2.88. The molecule has 4 nitrogen and oxygen atoms in total. The Morgan fingerprint density at radius 2 is 2.42 bits per heavy atom. The van der Waals surface area contributed by atoms with Crippen LogP contribution in [-0.2, 0) is 11.3 Å². The summed E-state index contributed by atoms with van der Waals surface area (Å²) in [6.45, 7) is 11.5. The minimum absolute atomic E-state index is 0.154. The van der Waals surface area contributed by atoms with E-state index in [2.05, 4.69) is 36.0 Å².